The molecule has 28 heavy (non-hydrogen) atoms. The Morgan fingerprint density at radius 2 is 2.18 bits per heavy atom. The molecule has 0 atom stereocenters. The number of furan rings is 1. The summed E-state index contributed by atoms with van der Waals surface area (Å²) in [5.74, 6) is 0.799. The quantitative estimate of drug-likeness (QED) is 0.475. The first-order valence-electron chi connectivity index (χ1n) is 8.52. The minimum atomic E-state index is -0.239. The van der Waals surface area contributed by atoms with E-state index >= 15 is 0 Å². The van der Waals surface area contributed by atoms with Gasteiger partial charge in [0.25, 0.3) is 0 Å². The Morgan fingerprint density at radius 3 is 2.93 bits per heavy atom. The summed E-state index contributed by atoms with van der Waals surface area (Å²) in [7, 11) is 0. The van der Waals surface area contributed by atoms with E-state index < -0.39 is 0 Å². The number of anilines is 1. The number of amides is 1. The second-order valence-corrected chi connectivity index (χ2v) is 7.67. The number of hydrogen-bond acceptors (Lipinski definition) is 7. The molecule has 0 saturated carbocycles. The molecule has 0 aliphatic carbocycles. The van der Waals surface area contributed by atoms with Crippen molar-refractivity contribution in [2.75, 3.05) is 11.1 Å². The second-order valence-electron chi connectivity index (χ2n) is 5.78. The van der Waals surface area contributed by atoms with Crippen LogP contribution in [0.3, 0.4) is 0 Å². The van der Waals surface area contributed by atoms with Crippen molar-refractivity contribution in [3.05, 3.63) is 47.5 Å². The van der Waals surface area contributed by atoms with Crippen LogP contribution in [0.25, 0.3) is 21.7 Å². The van der Waals surface area contributed by atoms with Crippen LogP contribution in [0.15, 0.2) is 51.4 Å². The number of hydrogen-bond donors (Lipinski definition) is 1. The van der Waals surface area contributed by atoms with Gasteiger partial charge in [-0.1, -0.05) is 30.0 Å². The smallest absolute Gasteiger partial charge is 0.234 e. The molecule has 4 rings (SSSR count). The van der Waals surface area contributed by atoms with Crippen LogP contribution in [0, 0.1) is 11.3 Å². The highest BCUT2D eigenvalue weighted by Gasteiger charge is 2.18. The predicted octanol–water partition coefficient (Wildman–Crippen LogP) is 4.38. The van der Waals surface area contributed by atoms with Gasteiger partial charge in [-0.2, -0.15) is 5.26 Å². The number of nitrogens with one attached hydrogen (secondary N) is 1. The molecular weight excluding hydrogens is 394 g/mol. The Hall–Kier alpha value is -3.09. The SMILES string of the molecule is CCn1c(SCC(=O)Nc2c(C#N)oc3ccccc23)nnc1-c1cccs1. The monoisotopic (exact) mass is 409 g/mol. The molecule has 3 aromatic heterocycles. The minimum Gasteiger partial charge on any atom is -0.443 e. The number of carbonyl (C=O) groups excluding carboxylic acids is 1. The van der Waals surface area contributed by atoms with Crippen molar-refractivity contribution < 1.29 is 9.21 Å². The number of thioether (sulfide) groups is 1. The van der Waals surface area contributed by atoms with Gasteiger partial charge in [-0.25, -0.2) is 0 Å². The Kier molecular flexibility index (Phi) is 5.14. The second kappa shape index (κ2) is 7.88. The first kappa shape index (κ1) is 18.3. The van der Waals surface area contributed by atoms with Crippen LogP contribution in [0.2, 0.25) is 0 Å². The standard InChI is InChI=1S/C19H15N5O2S2/c1-2-24-18(15-8-5-9-27-15)22-23-19(24)28-11-16(25)21-17-12-6-3-4-7-13(12)26-14(17)10-20/h3-9H,2,11H2,1H3,(H,21,25). The van der Waals surface area contributed by atoms with Crippen molar-refractivity contribution in [3.8, 4) is 16.8 Å². The van der Waals surface area contributed by atoms with Gasteiger partial charge < -0.3 is 14.3 Å². The van der Waals surface area contributed by atoms with E-state index in [9.17, 15) is 10.1 Å². The molecule has 0 saturated heterocycles. The Morgan fingerprint density at radius 1 is 1.32 bits per heavy atom. The summed E-state index contributed by atoms with van der Waals surface area (Å²) in [6.45, 7) is 2.72. The van der Waals surface area contributed by atoms with Crippen LogP contribution in [0.1, 0.15) is 12.7 Å². The van der Waals surface area contributed by atoms with Crippen LogP contribution < -0.4 is 5.32 Å². The van der Waals surface area contributed by atoms with E-state index in [1.54, 1.807) is 17.4 Å². The van der Waals surface area contributed by atoms with Gasteiger partial charge in [0.2, 0.25) is 11.7 Å². The number of para-hydroxylation sites is 1. The van der Waals surface area contributed by atoms with Gasteiger partial charge >= 0.3 is 0 Å². The third-order valence-corrected chi connectivity index (χ3v) is 5.90. The fourth-order valence-electron chi connectivity index (χ4n) is 2.82. The molecule has 1 N–H and O–H groups in total. The lowest BCUT2D eigenvalue weighted by molar-refractivity contribution is -0.113. The van der Waals surface area contributed by atoms with Crippen LogP contribution >= 0.6 is 23.1 Å². The molecule has 1 aromatic carbocycles. The summed E-state index contributed by atoms with van der Waals surface area (Å²) < 4.78 is 7.47. The average Bonchev–Trinajstić information content (AvgIpc) is 3.44. The van der Waals surface area contributed by atoms with Gasteiger partial charge in [-0.3, -0.25) is 4.79 Å². The largest absolute Gasteiger partial charge is 0.443 e. The average molecular weight is 409 g/mol. The lowest BCUT2D eigenvalue weighted by atomic mass is 10.2. The summed E-state index contributed by atoms with van der Waals surface area (Å²) in [5, 5.41) is 23.9. The lowest BCUT2D eigenvalue weighted by Gasteiger charge is -2.06. The van der Waals surface area contributed by atoms with E-state index in [-0.39, 0.29) is 17.4 Å². The third-order valence-electron chi connectivity index (χ3n) is 4.07. The third kappa shape index (κ3) is 3.40. The van der Waals surface area contributed by atoms with Crippen molar-refractivity contribution in [2.45, 2.75) is 18.6 Å². The molecule has 9 heteroatoms. The zero-order chi connectivity index (χ0) is 19.5. The van der Waals surface area contributed by atoms with Gasteiger partial charge in [-0.15, -0.1) is 21.5 Å². The van der Waals surface area contributed by atoms with E-state index in [1.807, 2.05) is 53.3 Å². The van der Waals surface area contributed by atoms with Crippen LogP contribution in [-0.4, -0.2) is 26.4 Å². The number of carbonyl (C=O) groups is 1. The maximum Gasteiger partial charge on any atom is 0.234 e. The molecule has 0 spiro atoms. The molecule has 4 aromatic rings. The maximum absolute atomic E-state index is 12.5. The zero-order valence-corrected chi connectivity index (χ0v) is 16.5. The predicted molar refractivity (Wildman–Crippen MR) is 109 cm³/mol. The highest BCUT2D eigenvalue weighted by atomic mass is 32.2. The van der Waals surface area contributed by atoms with Gasteiger partial charge in [-0.05, 0) is 30.5 Å². The number of nitriles is 1. The normalized spacial score (nSPS) is 10.9. The number of fused-ring (bicyclic) bond motifs is 1. The van der Waals surface area contributed by atoms with E-state index in [0.29, 0.717) is 28.4 Å². The number of rotatable bonds is 6. The minimum absolute atomic E-state index is 0.0938. The first-order valence-corrected chi connectivity index (χ1v) is 10.4. The highest BCUT2D eigenvalue weighted by Crippen LogP contribution is 2.31. The highest BCUT2D eigenvalue weighted by molar-refractivity contribution is 7.99. The van der Waals surface area contributed by atoms with Crippen LogP contribution in [0.5, 0.6) is 0 Å². The van der Waals surface area contributed by atoms with Gasteiger partial charge in [0.05, 0.1) is 10.6 Å². The van der Waals surface area contributed by atoms with Crippen molar-refractivity contribution in [1.82, 2.24) is 14.8 Å². The Bertz CT molecular complexity index is 1170. The molecule has 1 amide bonds. The fourth-order valence-corrected chi connectivity index (χ4v) is 4.34. The Labute approximate surface area is 169 Å². The number of aromatic nitrogens is 3. The summed E-state index contributed by atoms with van der Waals surface area (Å²) in [6, 6.07) is 13.2. The molecular formula is C19H15N5O2S2. The molecule has 0 bridgehead atoms. The van der Waals surface area contributed by atoms with Crippen LogP contribution in [0.4, 0.5) is 5.69 Å². The summed E-state index contributed by atoms with van der Waals surface area (Å²) in [4.78, 5) is 13.5. The topological polar surface area (TPSA) is 96.7 Å². The molecule has 140 valence electrons. The van der Waals surface area contributed by atoms with Crippen molar-refractivity contribution in [3.63, 3.8) is 0 Å². The summed E-state index contributed by atoms with van der Waals surface area (Å²) in [6.07, 6.45) is 0. The molecule has 0 radical (unpaired) electrons. The lowest BCUT2D eigenvalue weighted by Crippen LogP contribution is -2.15. The van der Waals surface area contributed by atoms with Crippen molar-refractivity contribution >= 4 is 45.7 Å². The van der Waals surface area contributed by atoms with E-state index in [4.69, 9.17) is 4.42 Å². The van der Waals surface area contributed by atoms with E-state index in [1.165, 1.54) is 11.8 Å². The van der Waals surface area contributed by atoms with Crippen molar-refractivity contribution in [2.24, 2.45) is 0 Å². The molecule has 3 heterocycles. The van der Waals surface area contributed by atoms with E-state index in [0.717, 1.165) is 10.7 Å². The number of benzene rings is 1. The Balaban J connectivity index is 1.50. The molecule has 7 nitrogen and oxygen atoms in total. The molecule has 0 fully saturated rings. The van der Waals surface area contributed by atoms with E-state index in [2.05, 4.69) is 15.5 Å². The maximum atomic E-state index is 12.5. The summed E-state index contributed by atoms with van der Waals surface area (Å²) >= 11 is 2.91. The van der Waals surface area contributed by atoms with Gasteiger partial charge in [0.1, 0.15) is 17.3 Å². The molecule has 0 aliphatic heterocycles. The number of nitrogens with zero attached hydrogens (tertiary/aromatic N) is 4. The van der Waals surface area contributed by atoms with Gasteiger partial charge in [0.15, 0.2) is 11.0 Å². The van der Waals surface area contributed by atoms with Crippen LogP contribution in [-0.2, 0) is 11.3 Å². The van der Waals surface area contributed by atoms with Crippen molar-refractivity contribution in [1.29, 1.82) is 5.26 Å². The zero-order valence-electron chi connectivity index (χ0n) is 14.9. The fraction of sp³-hybridized carbons (Fsp3) is 0.158. The summed E-state index contributed by atoms with van der Waals surface area (Å²) in [5.41, 5.74) is 0.966. The van der Waals surface area contributed by atoms with Gasteiger partial charge in [0, 0.05) is 11.9 Å². The number of thiophene rings is 1. The molecule has 0 aliphatic rings. The molecule has 0 unspecified atom stereocenters. The first-order chi connectivity index (χ1) is 13.7.